The van der Waals surface area contributed by atoms with E-state index in [1.807, 2.05) is 4.90 Å². The molecule has 0 radical (unpaired) electrons. The second-order valence-electron chi connectivity index (χ2n) is 6.39. The van der Waals surface area contributed by atoms with Crippen molar-refractivity contribution in [3.8, 4) is 0 Å². The van der Waals surface area contributed by atoms with Gasteiger partial charge in [0.2, 0.25) is 11.8 Å². The van der Waals surface area contributed by atoms with Crippen LogP contribution in [0.1, 0.15) is 51.9 Å². The summed E-state index contributed by atoms with van der Waals surface area (Å²) >= 11 is 0. The van der Waals surface area contributed by atoms with Crippen molar-refractivity contribution in [1.29, 1.82) is 0 Å². The summed E-state index contributed by atoms with van der Waals surface area (Å²) in [5.74, 6) is 1.47. The van der Waals surface area contributed by atoms with E-state index in [0.717, 1.165) is 44.6 Å². The fourth-order valence-corrected chi connectivity index (χ4v) is 3.09. The van der Waals surface area contributed by atoms with Crippen LogP contribution in [0.15, 0.2) is 0 Å². The number of hydrogen-bond donors (Lipinski definition) is 1. The number of piperazine rings is 1. The number of carbonyl (C=O) groups excluding carboxylic acids is 2. The van der Waals surface area contributed by atoms with E-state index in [1.165, 1.54) is 12.8 Å². The van der Waals surface area contributed by atoms with Crippen LogP contribution in [0, 0.1) is 11.8 Å². The van der Waals surface area contributed by atoms with Crippen molar-refractivity contribution in [3.63, 3.8) is 0 Å². The Morgan fingerprint density at radius 2 is 1.89 bits per heavy atom. The van der Waals surface area contributed by atoms with Crippen molar-refractivity contribution in [2.75, 3.05) is 6.54 Å². The van der Waals surface area contributed by atoms with E-state index < -0.39 is 0 Å². The van der Waals surface area contributed by atoms with Crippen LogP contribution in [-0.2, 0) is 9.59 Å². The minimum Gasteiger partial charge on any atom is -0.342 e. The highest BCUT2D eigenvalue weighted by Gasteiger charge is 2.46. The van der Waals surface area contributed by atoms with Crippen LogP contribution in [-0.4, -0.2) is 35.3 Å². The van der Waals surface area contributed by atoms with Gasteiger partial charge < -0.3 is 10.2 Å². The first kappa shape index (κ1) is 12.9. The smallest absolute Gasteiger partial charge is 0.246 e. The number of hydrogen-bond acceptors (Lipinski definition) is 2. The monoisotopic (exact) mass is 264 g/mol. The average Bonchev–Trinajstić information content (AvgIpc) is 3.26. The molecule has 2 aliphatic carbocycles. The van der Waals surface area contributed by atoms with Gasteiger partial charge in [-0.1, -0.05) is 26.2 Å². The number of nitrogens with one attached hydrogen (secondary N) is 1. The summed E-state index contributed by atoms with van der Waals surface area (Å²) in [5, 5.41) is 2.97. The van der Waals surface area contributed by atoms with Crippen LogP contribution in [0.5, 0.6) is 0 Å². The number of amides is 2. The van der Waals surface area contributed by atoms with Gasteiger partial charge in [-0.15, -0.1) is 0 Å². The predicted molar refractivity (Wildman–Crippen MR) is 72.4 cm³/mol. The zero-order valence-corrected chi connectivity index (χ0v) is 11.7. The van der Waals surface area contributed by atoms with E-state index in [9.17, 15) is 9.59 Å². The molecule has 1 N–H and O–H groups in total. The molecule has 2 saturated carbocycles. The molecular formula is C15H24N2O2. The van der Waals surface area contributed by atoms with Gasteiger partial charge in [-0.2, -0.15) is 0 Å². The Hall–Kier alpha value is -1.06. The minimum absolute atomic E-state index is 0.0779. The van der Waals surface area contributed by atoms with Crippen molar-refractivity contribution in [2.45, 2.75) is 64.0 Å². The summed E-state index contributed by atoms with van der Waals surface area (Å²) in [6.07, 6.45) is 7.60. The maximum Gasteiger partial charge on any atom is 0.246 e. The SMILES string of the molecule is CCCC1C(=O)NC(C2CC2)C(=O)N1CCC1CC1. The van der Waals surface area contributed by atoms with Gasteiger partial charge in [-0.25, -0.2) is 0 Å². The van der Waals surface area contributed by atoms with Crippen LogP contribution >= 0.6 is 0 Å². The molecule has 0 aromatic carbocycles. The van der Waals surface area contributed by atoms with E-state index in [1.54, 1.807) is 0 Å². The predicted octanol–water partition coefficient (Wildman–Crippen LogP) is 1.69. The summed E-state index contributed by atoms with van der Waals surface area (Å²) in [5.41, 5.74) is 0. The standard InChI is InChI=1S/C15H24N2O2/c1-2-3-12-14(18)16-13(11-6-7-11)15(19)17(12)9-8-10-4-5-10/h10-13H,2-9H2,1H3,(H,16,18). The van der Waals surface area contributed by atoms with Crippen LogP contribution in [0.3, 0.4) is 0 Å². The second kappa shape index (κ2) is 5.14. The van der Waals surface area contributed by atoms with Crippen molar-refractivity contribution in [1.82, 2.24) is 10.2 Å². The lowest BCUT2D eigenvalue weighted by molar-refractivity contribution is -0.150. The highest BCUT2D eigenvalue weighted by molar-refractivity contribution is 5.97. The highest BCUT2D eigenvalue weighted by Crippen LogP contribution is 2.37. The quantitative estimate of drug-likeness (QED) is 0.793. The molecule has 3 fully saturated rings. The van der Waals surface area contributed by atoms with E-state index >= 15 is 0 Å². The molecule has 0 spiro atoms. The summed E-state index contributed by atoms with van der Waals surface area (Å²) in [4.78, 5) is 26.7. The van der Waals surface area contributed by atoms with E-state index in [-0.39, 0.29) is 23.9 Å². The molecule has 4 heteroatoms. The van der Waals surface area contributed by atoms with Crippen molar-refractivity contribution < 1.29 is 9.59 Å². The topological polar surface area (TPSA) is 49.4 Å². The fourth-order valence-electron chi connectivity index (χ4n) is 3.09. The summed E-state index contributed by atoms with van der Waals surface area (Å²) < 4.78 is 0. The first-order valence-corrected chi connectivity index (χ1v) is 7.81. The Balaban J connectivity index is 1.70. The fraction of sp³-hybridized carbons (Fsp3) is 0.867. The lowest BCUT2D eigenvalue weighted by Gasteiger charge is -2.39. The Kier molecular flexibility index (Phi) is 3.50. The molecule has 19 heavy (non-hydrogen) atoms. The number of nitrogens with zero attached hydrogens (tertiary/aromatic N) is 1. The maximum absolute atomic E-state index is 12.6. The van der Waals surface area contributed by atoms with Gasteiger partial charge in [0.1, 0.15) is 12.1 Å². The third-order valence-electron chi connectivity index (χ3n) is 4.66. The van der Waals surface area contributed by atoms with Crippen LogP contribution in [0.4, 0.5) is 0 Å². The van der Waals surface area contributed by atoms with Crippen molar-refractivity contribution in [2.24, 2.45) is 11.8 Å². The molecule has 2 unspecified atom stereocenters. The van der Waals surface area contributed by atoms with Gasteiger partial charge in [-0.3, -0.25) is 9.59 Å². The Bertz CT molecular complexity index is 374. The van der Waals surface area contributed by atoms with Gasteiger partial charge in [0.15, 0.2) is 0 Å². The number of rotatable bonds is 6. The average molecular weight is 264 g/mol. The molecule has 4 nitrogen and oxygen atoms in total. The normalized spacial score (nSPS) is 31.5. The largest absolute Gasteiger partial charge is 0.342 e. The molecule has 2 amide bonds. The second-order valence-corrected chi connectivity index (χ2v) is 6.39. The van der Waals surface area contributed by atoms with Crippen LogP contribution in [0.2, 0.25) is 0 Å². The van der Waals surface area contributed by atoms with Crippen LogP contribution < -0.4 is 5.32 Å². The van der Waals surface area contributed by atoms with Crippen LogP contribution in [0.25, 0.3) is 0 Å². The Labute approximate surface area is 114 Å². The zero-order valence-electron chi connectivity index (χ0n) is 11.7. The molecule has 1 heterocycles. The molecule has 106 valence electrons. The molecule has 1 saturated heterocycles. The third kappa shape index (κ3) is 2.77. The molecule has 2 atom stereocenters. The zero-order chi connectivity index (χ0) is 13.4. The van der Waals surface area contributed by atoms with Gasteiger partial charge in [-0.05, 0) is 37.5 Å². The van der Waals surface area contributed by atoms with Gasteiger partial charge >= 0.3 is 0 Å². The Morgan fingerprint density at radius 1 is 1.16 bits per heavy atom. The Morgan fingerprint density at radius 3 is 2.47 bits per heavy atom. The third-order valence-corrected chi connectivity index (χ3v) is 4.66. The molecule has 3 aliphatic rings. The van der Waals surface area contributed by atoms with E-state index in [2.05, 4.69) is 12.2 Å². The maximum atomic E-state index is 12.6. The van der Waals surface area contributed by atoms with Gasteiger partial charge in [0, 0.05) is 6.54 Å². The summed E-state index contributed by atoms with van der Waals surface area (Å²) in [7, 11) is 0. The van der Waals surface area contributed by atoms with Gasteiger partial charge in [0.25, 0.3) is 0 Å². The molecule has 0 bridgehead atoms. The molecule has 1 aliphatic heterocycles. The van der Waals surface area contributed by atoms with E-state index in [4.69, 9.17) is 0 Å². The first-order valence-electron chi connectivity index (χ1n) is 7.81. The molecule has 0 aromatic rings. The number of carbonyl (C=O) groups is 2. The van der Waals surface area contributed by atoms with E-state index in [0.29, 0.717) is 5.92 Å². The van der Waals surface area contributed by atoms with Gasteiger partial charge in [0.05, 0.1) is 0 Å². The van der Waals surface area contributed by atoms with Crippen molar-refractivity contribution >= 4 is 11.8 Å². The summed E-state index contributed by atoms with van der Waals surface area (Å²) in [6.45, 7) is 2.86. The summed E-state index contributed by atoms with van der Waals surface area (Å²) in [6, 6.07) is -0.439. The highest BCUT2D eigenvalue weighted by atomic mass is 16.2. The molecular weight excluding hydrogens is 240 g/mol. The minimum atomic E-state index is -0.222. The first-order chi connectivity index (χ1) is 9.20. The molecule has 0 aromatic heterocycles. The molecule has 3 rings (SSSR count). The lowest BCUT2D eigenvalue weighted by Crippen LogP contribution is -2.64. The lowest BCUT2D eigenvalue weighted by atomic mass is 10.00. The van der Waals surface area contributed by atoms with Crippen molar-refractivity contribution in [3.05, 3.63) is 0 Å².